The van der Waals surface area contributed by atoms with Crippen LogP contribution in [0.5, 0.6) is 0 Å². The molecule has 0 aliphatic heterocycles. The number of quaternary nitrogens is 1. The van der Waals surface area contributed by atoms with Crippen molar-refractivity contribution in [3.8, 4) is 0 Å². The number of carbonyl (C=O) groups is 2. The molecular weight excluding hydrogens is 942 g/mol. The van der Waals surface area contributed by atoms with E-state index in [-0.39, 0.29) is 26.1 Å². The van der Waals surface area contributed by atoms with Gasteiger partial charge in [0.2, 0.25) is 0 Å². The van der Waals surface area contributed by atoms with E-state index in [4.69, 9.17) is 18.5 Å². The van der Waals surface area contributed by atoms with Crippen molar-refractivity contribution in [3.63, 3.8) is 0 Å². The van der Waals surface area contributed by atoms with Crippen LogP contribution in [0, 0.1) is 0 Å². The van der Waals surface area contributed by atoms with Crippen LogP contribution in [0.25, 0.3) is 0 Å². The third-order valence-electron chi connectivity index (χ3n) is 11.4. The summed E-state index contributed by atoms with van der Waals surface area (Å²) in [6.07, 6.45) is 78.9. The largest absolute Gasteiger partial charge is 0.756 e. The highest BCUT2D eigenvalue weighted by Gasteiger charge is 2.21. The van der Waals surface area contributed by atoms with Crippen LogP contribution >= 0.6 is 7.82 Å². The molecule has 0 aromatic heterocycles. The van der Waals surface area contributed by atoms with Gasteiger partial charge >= 0.3 is 11.9 Å². The minimum absolute atomic E-state index is 0.0445. The fourth-order valence-electron chi connectivity index (χ4n) is 7.01. The lowest BCUT2D eigenvalue weighted by Crippen LogP contribution is -2.37. The molecule has 0 rings (SSSR count). The number of hydrogen-bond donors (Lipinski definition) is 0. The van der Waals surface area contributed by atoms with Gasteiger partial charge in [0, 0.05) is 12.8 Å². The Morgan fingerprint density at radius 2 is 0.730 bits per heavy atom. The molecule has 0 aliphatic rings. The van der Waals surface area contributed by atoms with E-state index in [1.165, 1.54) is 12.8 Å². The molecule has 0 N–H and O–H groups in total. The summed E-state index contributed by atoms with van der Waals surface area (Å²) in [6.45, 7) is 3.95. The summed E-state index contributed by atoms with van der Waals surface area (Å²) in [7, 11) is 1.12. The standard InChI is InChI=1S/C64H104NO8P/c1-6-8-10-12-14-16-18-20-22-23-24-25-26-27-28-29-30-31-32-33-34-35-36-37-38-39-40-41-43-45-47-49-51-53-55-57-64(67)73-62(61-72-74(68,69)71-59-58-65(3,4)5)60-70-63(66)56-54-52-50-48-46-44-42-21-19-17-15-13-11-9-7-2/h8-11,14-17,20-22,24-25,27-28,30-31,33-34,36-37,39-40,42,62H,6-7,12-13,18-19,23,26,29,32,35,38,41,43-61H2,1-5H3/b10-8-,11-9-,16-14-,17-15-,22-20-,25-24-,28-27-,31-30-,34-33-,37-36-,40-39-,42-21-. The molecule has 2 unspecified atom stereocenters. The minimum Gasteiger partial charge on any atom is -0.756 e. The van der Waals surface area contributed by atoms with Crippen LogP contribution in [-0.2, 0) is 32.7 Å². The molecule has 0 heterocycles. The van der Waals surface area contributed by atoms with Crippen molar-refractivity contribution in [3.05, 3.63) is 146 Å². The maximum absolute atomic E-state index is 12.8. The number of likely N-dealkylation sites (N-methyl/N-ethyl adjacent to an activating group) is 1. The zero-order valence-electron chi connectivity index (χ0n) is 47.2. The SMILES string of the molecule is CC/C=C\C/C=C\C/C=C\C/C=C\C/C=C\C/C=C\C/C=C\C/C=C\C/C=C\CCCCCCCCCC(=O)OC(COC(=O)CCCCCCC/C=C\C/C=C\C/C=C\CC)COP(=O)([O-])OCC[N+](C)(C)C. The van der Waals surface area contributed by atoms with E-state index < -0.39 is 32.5 Å². The van der Waals surface area contributed by atoms with Gasteiger partial charge < -0.3 is 27.9 Å². The first-order valence-corrected chi connectivity index (χ1v) is 30.0. The molecule has 74 heavy (non-hydrogen) atoms. The van der Waals surface area contributed by atoms with Crippen molar-refractivity contribution in [1.82, 2.24) is 0 Å². The summed E-state index contributed by atoms with van der Waals surface area (Å²) in [5.74, 6) is -0.879. The Morgan fingerprint density at radius 1 is 0.419 bits per heavy atom. The van der Waals surface area contributed by atoms with Crippen molar-refractivity contribution in [1.29, 1.82) is 0 Å². The van der Waals surface area contributed by atoms with E-state index in [0.717, 1.165) is 141 Å². The van der Waals surface area contributed by atoms with Crippen molar-refractivity contribution < 1.29 is 42.1 Å². The first-order chi connectivity index (χ1) is 36.0. The summed E-state index contributed by atoms with van der Waals surface area (Å²) in [6, 6.07) is 0. The zero-order chi connectivity index (χ0) is 54.2. The highest BCUT2D eigenvalue weighted by molar-refractivity contribution is 7.45. The number of esters is 2. The topological polar surface area (TPSA) is 111 Å². The smallest absolute Gasteiger partial charge is 0.306 e. The average Bonchev–Trinajstić information content (AvgIpc) is 3.36. The van der Waals surface area contributed by atoms with Crippen LogP contribution in [0.4, 0.5) is 0 Å². The van der Waals surface area contributed by atoms with Crippen LogP contribution in [0.2, 0.25) is 0 Å². The van der Waals surface area contributed by atoms with Gasteiger partial charge in [-0.3, -0.25) is 14.2 Å². The Morgan fingerprint density at radius 3 is 1.08 bits per heavy atom. The Hall–Kier alpha value is -4.11. The summed E-state index contributed by atoms with van der Waals surface area (Å²) < 4.78 is 34.1. The molecule has 2 atom stereocenters. The van der Waals surface area contributed by atoms with Gasteiger partial charge in [0.05, 0.1) is 27.7 Å². The van der Waals surface area contributed by atoms with Gasteiger partial charge in [-0.05, 0) is 116 Å². The first kappa shape index (κ1) is 69.9. The number of unbranched alkanes of at least 4 members (excludes halogenated alkanes) is 12. The Balaban J connectivity index is 4.21. The molecule has 0 spiro atoms. The Bertz CT molecular complexity index is 1760. The van der Waals surface area contributed by atoms with Crippen LogP contribution in [-0.4, -0.2) is 70.0 Å². The van der Waals surface area contributed by atoms with Crippen LogP contribution < -0.4 is 4.89 Å². The lowest BCUT2D eigenvalue weighted by atomic mass is 10.1. The second-order valence-corrected chi connectivity index (χ2v) is 20.9. The highest BCUT2D eigenvalue weighted by atomic mass is 31.2. The number of carbonyl (C=O) groups excluding carboxylic acids is 2. The molecule has 0 amide bonds. The van der Waals surface area contributed by atoms with Crippen LogP contribution in [0.3, 0.4) is 0 Å². The van der Waals surface area contributed by atoms with Gasteiger partial charge in [0.25, 0.3) is 7.82 Å². The number of allylic oxidation sites excluding steroid dienone is 24. The molecule has 0 radical (unpaired) electrons. The molecule has 0 aliphatic carbocycles. The van der Waals surface area contributed by atoms with E-state index in [1.54, 1.807) is 0 Å². The van der Waals surface area contributed by atoms with Crippen molar-refractivity contribution >= 4 is 19.8 Å². The second-order valence-electron chi connectivity index (χ2n) is 19.5. The van der Waals surface area contributed by atoms with Gasteiger partial charge in [0.1, 0.15) is 19.8 Å². The minimum atomic E-state index is -4.65. The van der Waals surface area contributed by atoms with Gasteiger partial charge in [-0.2, -0.15) is 0 Å². The third-order valence-corrected chi connectivity index (χ3v) is 12.3. The fourth-order valence-corrected chi connectivity index (χ4v) is 7.74. The number of nitrogens with zero attached hydrogens (tertiary/aromatic N) is 1. The summed E-state index contributed by atoms with van der Waals surface area (Å²) in [4.78, 5) is 37.8. The molecule has 0 aromatic rings. The van der Waals surface area contributed by atoms with E-state index in [9.17, 15) is 19.0 Å². The Kier molecular flexibility index (Phi) is 50.7. The monoisotopic (exact) mass is 1050 g/mol. The molecule has 0 saturated carbocycles. The molecular formula is C64H104NO8P. The molecule has 10 heteroatoms. The molecule has 0 saturated heterocycles. The number of hydrogen-bond acceptors (Lipinski definition) is 8. The van der Waals surface area contributed by atoms with Gasteiger partial charge in [-0.25, -0.2) is 0 Å². The van der Waals surface area contributed by atoms with Gasteiger partial charge in [-0.1, -0.05) is 211 Å². The summed E-state index contributed by atoms with van der Waals surface area (Å²) in [5, 5.41) is 0. The predicted octanol–water partition coefficient (Wildman–Crippen LogP) is 17.3. The average molecular weight is 1050 g/mol. The maximum Gasteiger partial charge on any atom is 0.306 e. The Labute approximate surface area is 453 Å². The molecule has 0 aromatic carbocycles. The number of phosphoric acid groups is 1. The van der Waals surface area contributed by atoms with E-state index >= 15 is 0 Å². The van der Waals surface area contributed by atoms with Gasteiger partial charge in [-0.15, -0.1) is 0 Å². The molecule has 0 bridgehead atoms. The molecule has 9 nitrogen and oxygen atoms in total. The maximum atomic E-state index is 12.8. The normalized spacial score (nSPS) is 14.4. The van der Waals surface area contributed by atoms with Crippen LogP contribution in [0.15, 0.2) is 146 Å². The zero-order valence-corrected chi connectivity index (χ0v) is 48.1. The lowest BCUT2D eigenvalue weighted by Gasteiger charge is -2.28. The van der Waals surface area contributed by atoms with E-state index in [2.05, 4.69) is 160 Å². The first-order valence-electron chi connectivity index (χ1n) is 28.5. The second kappa shape index (κ2) is 53.7. The third kappa shape index (κ3) is 57.2. The van der Waals surface area contributed by atoms with Crippen molar-refractivity contribution in [2.45, 2.75) is 200 Å². The van der Waals surface area contributed by atoms with Crippen molar-refractivity contribution in [2.24, 2.45) is 0 Å². The summed E-state index contributed by atoms with van der Waals surface area (Å²) >= 11 is 0. The van der Waals surface area contributed by atoms with E-state index in [1.807, 2.05) is 21.1 Å². The molecule has 0 fully saturated rings. The fraction of sp³-hybridized carbons (Fsp3) is 0.594. The van der Waals surface area contributed by atoms with Crippen molar-refractivity contribution in [2.75, 3.05) is 47.5 Å². The lowest BCUT2D eigenvalue weighted by molar-refractivity contribution is -0.870. The number of phosphoric ester groups is 1. The van der Waals surface area contributed by atoms with Crippen LogP contribution in [0.1, 0.15) is 194 Å². The highest BCUT2D eigenvalue weighted by Crippen LogP contribution is 2.38. The predicted molar refractivity (Wildman–Crippen MR) is 314 cm³/mol. The number of ether oxygens (including phenoxy) is 2. The number of rotatable bonds is 50. The summed E-state index contributed by atoms with van der Waals surface area (Å²) in [5.41, 5.74) is 0. The molecule has 418 valence electrons. The van der Waals surface area contributed by atoms with Gasteiger partial charge in [0.15, 0.2) is 6.10 Å². The quantitative estimate of drug-likeness (QED) is 0.0195. The van der Waals surface area contributed by atoms with E-state index in [0.29, 0.717) is 23.9 Å².